The van der Waals surface area contributed by atoms with E-state index in [4.69, 9.17) is 0 Å². The monoisotopic (exact) mass is 432 g/mol. The number of hydrogen-bond donors (Lipinski definition) is 2. The fourth-order valence-corrected chi connectivity index (χ4v) is 3.59. The number of benzene rings is 1. The molecule has 0 unspecified atom stereocenters. The number of hydrogen-bond acceptors (Lipinski definition) is 5. The number of pyridine rings is 1. The molecule has 1 fully saturated rings. The summed E-state index contributed by atoms with van der Waals surface area (Å²) >= 11 is 0. The first-order valence-corrected chi connectivity index (χ1v) is 9.62. The molecule has 1 saturated carbocycles. The number of carboxylic acids is 1. The SMILES string of the molecule is C[C@@H](Nc1nnc(C(=O)O)c2cc(=O)n(C3(C)CC3)cc12)c1cccc(C(F)F)c1F. The maximum atomic E-state index is 14.6. The normalized spacial score (nSPS) is 15.8. The predicted octanol–water partition coefficient (Wildman–Crippen LogP) is 4.25. The molecule has 0 saturated heterocycles. The van der Waals surface area contributed by atoms with Crippen molar-refractivity contribution in [3.05, 3.63) is 63.5 Å². The molecule has 0 aliphatic heterocycles. The highest BCUT2D eigenvalue weighted by Crippen LogP contribution is 2.42. The maximum absolute atomic E-state index is 14.6. The van der Waals surface area contributed by atoms with Crippen molar-refractivity contribution in [1.82, 2.24) is 14.8 Å². The molecule has 7 nitrogen and oxygen atoms in total. The number of fused-ring (bicyclic) bond motifs is 1. The number of aromatic nitrogens is 3. The molecule has 31 heavy (non-hydrogen) atoms. The first-order chi connectivity index (χ1) is 14.6. The topological polar surface area (TPSA) is 97.1 Å². The van der Waals surface area contributed by atoms with Gasteiger partial charge in [0.25, 0.3) is 12.0 Å². The first-order valence-electron chi connectivity index (χ1n) is 9.62. The van der Waals surface area contributed by atoms with Crippen LogP contribution in [0.2, 0.25) is 0 Å². The number of nitrogens with zero attached hydrogens (tertiary/aromatic N) is 3. The number of alkyl halides is 2. The smallest absolute Gasteiger partial charge is 0.357 e. The zero-order valence-electron chi connectivity index (χ0n) is 16.7. The van der Waals surface area contributed by atoms with Crippen molar-refractivity contribution in [2.45, 2.75) is 44.7 Å². The fraction of sp³-hybridized carbons (Fsp3) is 0.333. The lowest BCUT2D eigenvalue weighted by atomic mass is 10.0. The molecule has 1 aromatic carbocycles. The summed E-state index contributed by atoms with van der Waals surface area (Å²) < 4.78 is 42.2. The van der Waals surface area contributed by atoms with Crippen molar-refractivity contribution in [1.29, 1.82) is 0 Å². The highest BCUT2D eigenvalue weighted by Gasteiger charge is 2.40. The molecule has 0 radical (unpaired) electrons. The minimum Gasteiger partial charge on any atom is -0.476 e. The van der Waals surface area contributed by atoms with E-state index in [-0.39, 0.29) is 33.6 Å². The number of halogens is 3. The molecular formula is C21H19F3N4O3. The van der Waals surface area contributed by atoms with Crippen molar-refractivity contribution < 1.29 is 23.1 Å². The van der Waals surface area contributed by atoms with Crippen molar-refractivity contribution in [3.8, 4) is 0 Å². The van der Waals surface area contributed by atoms with Gasteiger partial charge in [-0.25, -0.2) is 18.0 Å². The Balaban J connectivity index is 1.83. The summed E-state index contributed by atoms with van der Waals surface area (Å²) in [6, 6.07) is 4.14. The van der Waals surface area contributed by atoms with Crippen LogP contribution in [0.3, 0.4) is 0 Å². The summed E-state index contributed by atoms with van der Waals surface area (Å²) in [5, 5.41) is 20.4. The van der Waals surface area contributed by atoms with Gasteiger partial charge in [-0.15, -0.1) is 10.2 Å². The quantitative estimate of drug-likeness (QED) is 0.605. The second-order valence-electron chi connectivity index (χ2n) is 7.93. The number of carboxylic acid groups (broad SMARTS) is 1. The molecule has 0 spiro atoms. The Hall–Kier alpha value is -3.43. The average Bonchev–Trinajstić information content (AvgIpc) is 3.45. The van der Waals surface area contributed by atoms with Gasteiger partial charge in [0, 0.05) is 34.1 Å². The van der Waals surface area contributed by atoms with E-state index in [1.165, 1.54) is 29.0 Å². The first kappa shape index (κ1) is 20.8. The number of rotatable bonds is 6. The average molecular weight is 432 g/mol. The number of nitrogens with one attached hydrogen (secondary N) is 1. The third-order valence-electron chi connectivity index (χ3n) is 5.68. The molecule has 3 aromatic rings. The highest BCUT2D eigenvalue weighted by molar-refractivity contribution is 6.04. The van der Waals surface area contributed by atoms with Crippen LogP contribution in [0.25, 0.3) is 10.8 Å². The summed E-state index contributed by atoms with van der Waals surface area (Å²) in [5.74, 6) is -2.26. The molecule has 1 aliphatic carbocycles. The van der Waals surface area contributed by atoms with Gasteiger partial charge in [-0.2, -0.15) is 0 Å². The maximum Gasteiger partial charge on any atom is 0.357 e. The lowest BCUT2D eigenvalue weighted by Gasteiger charge is -2.19. The van der Waals surface area contributed by atoms with Crippen LogP contribution in [-0.2, 0) is 5.54 Å². The van der Waals surface area contributed by atoms with E-state index in [1.54, 1.807) is 6.92 Å². The minimum absolute atomic E-state index is 0.00228. The number of anilines is 1. The van der Waals surface area contributed by atoms with E-state index in [0.717, 1.165) is 18.9 Å². The lowest BCUT2D eigenvalue weighted by molar-refractivity contribution is 0.0691. The molecule has 0 bridgehead atoms. The largest absolute Gasteiger partial charge is 0.476 e. The molecule has 2 heterocycles. The molecule has 1 aliphatic rings. The Kier molecular flexibility index (Phi) is 4.95. The van der Waals surface area contributed by atoms with Crippen LogP contribution in [0.1, 0.15) is 60.8 Å². The Morgan fingerprint density at radius 2 is 1.90 bits per heavy atom. The minimum atomic E-state index is -2.96. The molecule has 4 rings (SSSR count). The Labute approximate surface area is 174 Å². The Morgan fingerprint density at radius 3 is 2.52 bits per heavy atom. The van der Waals surface area contributed by atoms with E-state index in [2.05, 4.69) is 15.5 Å². The summed E-state index contributed by atoms with van der Waals surface area (Å²) in [7, 11) is 0. The van der Waals surface area contributed by atoms with E-state index in [1.807, 2.05) is 6.92 Å². The van der Waals surface area contributed by atoms with E-state index < -0.39 is 29.8 Å². The van der Waals surface area contributed by atoms with Gasteiger partial charge in [-0.1, -0.05) is 18.2 Å². The van der Waals surface area contributed by atoms with Crippen molar-refractivity contribution in [2.75, 3.05) is 5.32 Å². The highest BCUT2D eigenvalue weighted by atomic mass is 19.3. The molecule has 1 atom stereocenters. The molecule has 2 aromatic heterocycles. The number of carbonyl (C=O) groups is 1. The molecule has 0 amide bonds. The van der Waals surface area contributed by atoms with E-state index in [9.17, 15) is 27.9 Å². The van der Waals surface area contributed by atoms with Crippen LogP contribution >= 0.6 is 0 Å². The molecule has 2 N–H and O–H groups in total. The third kappa shape index (κ3) is 3.62. The fourth-order valence-electron chi connectivity index (χ4n) is 3.59. The molecular weight excluding hydrogens is 413 g/mol. The van der Waals surface area contributed by atoms with Gasteiger partial charge in [0.05, 0.1) is 11.6 Å². The lowest BCUT2D eigenvalue weighted by Crippen LogP contribution is -2.27. The zero-order valence-corrected chi connectivity index (χ0v) is 16.7. The van der Waals surface area contributed by atoms with Crippen molar-refractivity contribution >= 4 is 22.6 Å². The van der Waals surface area contributed by atoms with Gasteiger partial charge in [-0.3, -0.25) is 4.79 Å². The third-order valence-corrected chi connectivity index (χ3v) is 5.68. The van der Waals surface area contributed by atoms with Gasteiger partial charge in [0.2, 0.25) is 0 Å². The Morgan fingerprint density at radius 1 is 1.23 bits per heavy atom. The van der Waals surface area contributed by atoms with Gasteiger partial charge >= 0.3 is 5.97 Å². The van der Waals surface area contributed by atoms with Crippen LogP contribution in [0.15, 0.2) is 35.3 Å². The van der Waals surface area contributed by atoms with Gasteiger partial charge in [0.1, 0.15) is 5.82 Å². The summed E-state index contributed by atoms with van der Waals surface area (Å²) in [6.45, 7) is 3.47. The Bertz CT molecular complexity index is 1250. The van der Waals surface area contributed by atoms with Crippen LogP contribution in [0, 0.1) is 5.82 Å². The van der Waals surface area contributed by atoms with E-state index >= 15 is 0 Å². The van der Waals surface area contributed by atoms with Crippen molar-refractivity contribution in [3.63, 3.8) is 0 Å². The van der Waals surface area contributed by atoms with Crippen LogP contribution in [0.5, 0.6) is 0 Å². The summed E-state index contributed by atoms with van der Waals surface area (Å²) in [6.07, 6.45) is 0.157. The standard InChI is InChI=1S/C21H19F3N4O3/c1-10(11-4-3-5-12(16(11)22)18(23)24)25-19-14-9-28(21(2)6-7-21)15(29)8-13(14)17(20(30)31)26-27-19/h3-5,8-10,18H,6-7H2,1-2H3,(H,25,27)(H,30,31)/t10-/m1/s1. The number of aromatic carboxylic acids is 1. The molecule has 10 heteroatoms. The van der Waals surface area contributed by atoms with Crippen LogP contribution in [0.4, 0.5) is 19.0 Å². The van der Waals surface area contributed by atoms with Gasteiger partial charge in [-0.05, 0) is 26.7 Å². The summed E-state index contributed by atoms with van der Waals surface area (Å²) in [5.41, 5.74) is -1.82. The molecule has 162 valence electrons. The van der Waals surface area contributed by atoms with Crippen LogP contribution in [-0.4, -0.2) is 25.8 Å². The van der Waals surface area contributed by atoms with Gasteiger partial charge < -0.3 is 15.0 Å². The van der Waals surface area contributed by atoms with Crippen LogP contribution < -0.4 is 10.9 Å². The second kappa shape index (κ2) is 7.36. The van der Waals surface area contributed by atoms with Gasteiger partial charge in [0.15, 0.2) is 11.5 Å². The summed E-state index contributed by atoms with van der Waals surface area (Å²) in [4.78, 5) is 24.1. The van der Waals surface area contributed by atoms with Crippen molar-refractivity contribution in [2.24, 2.45) is 0 Å². The second-order valence-corrected chi connectivity index (χ2v) is 7.93. The predicted molar refractivity (Wildman–Crippen MR) is 107 cm³/mol. The zero-order chi connectivity index (χ0) is 22.5. The van der Waals surface area contributed by atoms with E-state index in [0.29, 0.717) is 5.39 Å².